The summed E-state index contributed by atoms with van der Waals surface area (Å²) < 4.78 is 2.11. The number of likely N-dealkylation sites (tertiary alicyclic amines) is 1. The number of rotatable bonds is 6. The quantitative estimate of drug-likeness (QED) is 0.886. The molecule has 0 bridgehead atoms. The van der Waals surface area contributed by atoms with Gasteiger partial charge in [0.15, 0.2) is 0 Å². The minimum atomic E-state index is 0.257. The predicted molar refractivity (Wildman–Crippen MR) is 92.5 cm³/mol. The first-order valence-electron chi connectivity index (χ1n) is 8.90. The molecule has 3 rings (SSSR count). The van der Waals surface area contributed by atoms with Crippen molar-refractivity contribution in [2.24, 2.45) is 5.92 Å². The second-order valence-electron chi connectivity index (χ2n) is 7.02. The zero-order chi connectivity index (χ0) is 16.9. The smallest absolute Gasteiger partial charge is 0.224 e. The molecular formula is C18H27N5O. The Kier molecular flexibility index (Phi) is 5.33. The second kappa shape index (κ2) is 7.64. The molecule has 1 aliphatic rings. The highest BCUT2D eigenvalue weighted by Crippen LogP contribution is 2.21. The van der Waals surface area contributed by atoms with Gasteiger partial charge in [-0.2, -0.15) is 5.10 Å². The van der Waals surface area contributed by atoms with Crippen molar-refractivity contribution < 1.29 is 4.79 Å². The topological polar surface area (TPSA) is 66.8 Å². The number of carbonyl (C=O) groups is 1. The molecule has 2 aromatic heterocycles. The van der Waals surface area contributed by atoms with Crippen molar-refractivity contribution >= 4 is 5.91 Å². The number of aromatic amines is 1. The maximum absolute atomic E-state index is 12.6. The summed E-state index contributed by atoms with van der Waals surface area (Å²) >= 11 is 0. The molecule has 1 atom stereocenters. The molecule has 0 aromatic carbocycles. The summed E-state index contributed by atoms with van der Waals surface area (Å²) in [5, 5.41) is 7.03. The first kappa shape index (κ1) is 16.7. The minimum Gasteiger partial charge on any atom is -0.342 e. The Morgan fingerprint density at radius 3 is 3.04 bits per heavy atom. The third kappa shape index (κ3) is 4.04. The van der Waals surface area contributed by atoms with Gasteiger partial charge in [-0.3, -0.25) is 9.89 Å². The molecule has 1 fully saturated rings. The maximum Gasteiger partial charge on any atom is 0.224 e. The molecule has 0 saturated carbocycles. The molecule has 0 radical (unpaired) electrons. The number of piperidine rings is 1. The van der Waals surface area contributed by atoms with Gasteiger partial charge in [0.05, 0.1) is 0 Å². The number of nitrogens with one attached hydrogen (secondary N) is 1. The summed E-state index contributed by atoms with van der Waals surface area (Å²) in [6.45, 7) is 6.73. The van der Waals surface area contributed by atoms with E-state index >= 15 is 0 Å². The molecule has 0 spiro atoms. The van der Waals surface area contributed by atoms with Crippen LogP contribution in [0, 0.1) is 5.92 Å². The fraction of sp³-hybridized carbons (Fsp3) is 0.611. The van der Waals surface area contributed by atoms with E-state index in [0.29, 0.717) is 24.8 Å². The normalized spacial score (nSPS) is 18.3. The third-order valence-electron chi connectivity index (χ3n) is 4.77. The van der Waals surface area contributed by atoms with Gasteiger partial charge < -0.3 is 9.47 Å². The van der Waals surface area contributed by atoms with E-state index in [9.17, 15) is 4.79 Å². The number of aromatic nitrogens is 4. The van der Waals surface area contributed by atoms with Gasteiger partial charge in [0, 0.05) is 56.3 Å². The van der Waals surface area contributed by atoms with E-state index in [0.717, 1.165) is 37.4 Å². The first-order valence-corrected chi connectivity index (χ1v) is 8.90. The Bertz CT molecular complexity index is 646. The summed E-state index contributed by atoms with van der Waals surface area (Å²) in [5.41, 5.74) is 1.16. The van der Waals surface area contributed by atoms with Crippen molar-refractivity contribution in [2.75, 3.05) is 13.1 Å². The first-order chi connectivity index (χ1) is 11.6. The van der Waals surface area contributed by atoms with Crippen LogP contribution in [0.1, 0.15) is 50.5 Å². The largest absolute Gasteiger partial charge is 0.342 e. The predicted octanol–water partition coefficient (Wildman–Crippen LogP) is 2.60. The number of H-pyrrole nitrogens is 1. The lowest BCUT2D eigenvalue weighted by atomic mass is 9.93. The van der Waals surface area contributed by atoms with E-state index in [-0.39, 0.29) is 5.91 Å². The molecule has 1 aliphatic heterocycles. The highest BCUT2D eigenvalue weighted by Gasteiger charge is 2.24. The minimum absolute atomic E-state index is 0.257. The Labute approximate surface area is 143 Å². The average Bonchev–Trinajstić information content (AvgIpc) is 3.24. The van der Waals surface area contributed by atoms with E-state index in [4.69, 9.17) is 0 Å². The van der Waals surface area contributed by atoms with Crippen LogP contribution >= 0.6 is 0 Å². The van der Waals surface area contributed by atoms with E-state index in [1.165, 1.54) is 6.42 Å². The lowest BCUT2D eigenvalue weighted by molar-refractivity contribution is -0.133. The molecule has 0 unspecified atom stereocenters. The van der Waals surface area contributed by atoms with Crippen LogP contribution in [0.15, 0.2) is 24.7 Å². The van der Waals surface area contributed by atoms with Crippen LogP contribution in [-0.2, 0) is 17.8 Å². The van der Waals surface area contributed by atoms with Crippen LogP contribution in [0.25, 0.3) is 0 Å². The van der Waals surface area contributed by atoms with E-state index in [1.54, 1.807) is 6.20 Å². The highest BCUT2D eigenvalue weighted by molar-refractivity contribution is 5.76. The van der Waals surface area contributed by atoms with Crippen molar-refractivity contribution in [1.29, 1.82) is 0 Å². The SMILES string of the molecule is CC(C)c1nccn1CCC(=O)N1CCC[C@@H](Cc2ccn[nH]2)C1. The van der Waals surface area contributed by atoms with Crippen molar-refractivity contribution in [1.82, 2.24) is 24.6 Å². The fourth-order valence-electron chi connectivity index (χ4n) is 3.55. The number of carbonyl (C=O) groups excluding carboxylic acids is 1. The van der Waals surface area contributed by atoms with Crippen LogP contribution < -0.4 is 0 Å². The summed E-state index contributed by atoms with van der Waals surface area (Å²) in [6, 6.07) is 2.02. The van der Waals surface area contributed by atoms with Gasteiger partial charge in [-0.25, -0.2) is 4.98 Å². The highest BCUT2D eigenvalue weighted by atomic mass is 16.2. The summed E-state index contributed by atoms with van der Waals surface area (Å²) in [5.74, 6) is 2.22. The Morgan fingerprint density at radius 1 is 1.42 bits per heavy atom. The average molecular weight is 329 g/mol. The molecule has 130 valence electrons. The molecule has 6 heteroatoms. The van der Waals surface area contributed by atoms with Gasteiger partial charge in [-0.15, -0.1) is 0 Å². The van der Waals surface area contributed by atoms with Crippen LogP contribution in [0.2, 0.25) is 0 Å². The molecule has 3 heterocycles. The van der Waals surface area contributed by atoms with Crippen molar-refractivity contribution in [2.45, 2.75) is 52.0 Å². The Hall–Kier alpha value is -2.11. The number of aryl methyl sites for hydroxylation is 1. The van der Waals surface area contributed by atoms with Crippen LogP contribution in [0.5, 0.6) is 0 Å². The van der Waals surface area contributed by atoms with Gasteiger partial charge >= 0.3 is 0 Å². The molecule has 0 aliphatic carbocycles. The lowest BCUT2D eigenvalue weighted by Gasteiger charge is -2.32. The monoisotopic (exact) mass is 329 g/mol. The van der Waals surface area contributed by atoms with Gasteiger partial charge in [-0.05, 0) is 31.2 Å². The second-order valence-corrected chi connectivity index (χ2v) is 7.02. The zero-order valence-electron chi connectivity index (χ0n) is 14.6. The maximum atomic E-state index is 12.6. The standard InChI is InChI=1S/C18H27N5O/c1-14(2)18-19-8-11-22(18)10-6-17(24)23-9-3-4-15(13-23)12-16-5-7-20-21-16/h5,7-8,11,14-15H,3-4,6,9-10,12-13H2,1-2H3,(H,20,21)/t15-/m0/s1. The number of nitrogens with zero attached hydrogens (tertiary/aromatic N) is 4. The molecular weight excluding hydrogens is 302 g/mol. The molecule has 6 nitrogen and oxygen atoms in total. The third-order valence-corrected chi connectivity index (χ3v) is 4.77. The molecule has 1 N–H and O–H groups in total. The summed E-state index contributed by atoms with van der Waals surface area (Å²) in [7, 11) is 0. The van der Waals surface area contributed by atoms with Crippen LogP contribution in [0.4, 0.5) is 0 Å². The Balaban J connectivity index is 1.51. The molecule has 1 amide bonds. The number of hydrogen-bond donors (Lipinski definition) is 1. The lowest BCUT2D eigenvalue weighted by Crippen LogP contribution is -2.40. The number of hydrogen-bond acceptors (Lipinski definition) is 3. The van der Waals surface area contributed by atoms with Crippen LogP contribution in [-0.4, -0.2) is 43.6 Å². The zero-order valence-corrected chi connectivity index (χ0v) is 14.6. The van der Waals surface area contributed by atoms with Crippen molar-refractivity contribution in [3.8, 4) is 0 Å². The van der Waals surface area contributed by atoms with Gasteiger partial charge in [0.1, 0.15) is 5.82 Å². The molecule has 1 saturated heterocycles. The summed E-state index contributed by atoms with van der Waals surface area (Å²) in [6.07, 6.45) is 9.38. The van der Waals surface area contributed by atoms with Gasteiger partial charge in [0.2, 0.25) is 5.91 Å². The van der Waals surface area contributed by atoms with E-state index in [1.807, 2.05) is 23.4 Å². The van der Waals surface area contributed by atoms with Gasteiger partial charge in [0.25, 0.3) is 0 Å². The fourth-order valence-corrected chi connectivity index (χ4v) is 3.55. The van der Waals surface area contributed by atoms with Crippen LogP contribution in [0.3, 0.4) is 0 Å². The van der Waals surface area contributed by atoms with Crippen molar-refractivity contribution in [3.05, 3.63) is 36.2 Å². The molecule has 24 heavy (non-hydrogen) atoms. The van der Waals surface area contributed by atoms with E-state index < -0.39 is 0 Å². The number of amides is 1. The van der Waals surface area contributed by atoms with E-state index in [2.05, 4.69) is 33.6 Å². The van der Waals surface area contributed by atoms with Crippen molar-refractivity contribution in [3.63, 3.8) is 0 Å². The Morgan fingerprint density at radius 2 is 2.29 bits per heavy atom. The number of imidazole rings is 1. The molecule has 2 aromatic rings. The summed E-state index contributed by atoms with van der Waals surface area (Å²) in [4.78, 5) is 19.0. The van der Waals surface area contributed by atoms with Gasteiger partial charge in [-0.1, -0.05) is 13.8 Å².